The fourth-order valence-corrected chi connectivity index (χ4v) is 3.90. The SMILES string of the molecule is O=C1C=C2C=CC3CC2(O1)C1CC(O)CCN31. The molecule has 0 saturated carbocycles. The Morgan fingerprint density at radius 1 is 1.53 bits per heavy atom. The summed E-state index contributed by atoms with van der Waals surface area (Å²) in [5, 5.41) is 9.85. The van der Waals surface area contributed by atoms with Crippen molar-refractivity contribution in [1.29, 1.82) is 0 Å². The van der Waals surface area contributed by atoms with Gasteiger partial charge < -0.3 is 9.84 Å². The minimum atomic E-state index is -0.460. The van der Waals surface area contributed by atoms with Crippen LogP contribution in [0.5, 0.6) is 0 Å². The zero-order valence-electron chi connectivity index (χ0n) is 9.50. The number of carbonyl (C=O) groups excluding carboxylic acids is 1. The summed E-state index contributed by atoms with van der Waals surface area (Å²) < 4.78 is 5.63. The summed E-state index contributed by atoms with van der Waals surface area (Å²) >= 11 is 0. The number of esters is 1. The van der Waals surface area contributed by atoms with Gasteiger partial charge in [-0.2, -0.15) is 0 Å². The Morgan fingerprint density at radius 3 is 3.29 bits per heavy atom. The van der Waals surface area contributed by atoms with E-state index in [1.165, 1.54) is 0 Å². The number of hydrogen-bond acceptors (Lipinski definition) is 4. The number of fused-ring (bicyclic) bond motifs is 3. The van der Waals surface area contributed by atoms with Crippen LogP contribution in [-0.2, 0) is 9.53 Å². The maximum atomic E-state index is 11.5. The first-order chi connectivity index (χ1) is 8.19. The van der Waals surface area contributed by atoms with Crippen molar-refractivity contribution < 1.29 is 14.6 Å². The molecule has 0 amide bonds. The van der Waals surface area contributed by atoms with Crippen LogP contribution in [0.3, 0.4) is 0 Å². The molecule has 3 heterocycles. The van der Waals surface area contributed by atoms with Gasteiger partial charge in [-0.15, -0.1) is 0 Å². The number of nitrogens with zero attached hydrogens (tertiary/aromatic N) is 1. The zero-order chi connectivity index (χ0) is 11.6. The number of aliphatic hydroxyl groups is 1. The van der Waals surface area contributed by atoms with Crippen LogP contribution in [-0.4, -0.2) is 46.3 Å². The third kappa shape index (κ3) is 1.12. The summed E-state index contributed by atoms with van der Waals surface area (Å²) in [6, 6.07) is 0.527. The summed E-state index contributed by atoms with van der Waals surface area (Å²) in [6.45, 7) is 0.896. The van der Waals surface area contributed by atoms with Crippen LogP contribution in [0.2, 0.25) is 0 Å². The number of aliphatic hydroxyl groups excluding tert-OH is 1. The van der Waals surface area contributed by atoms with Crippen LogP contribution >= 0.6 is 0 Å². The van der Waals surface area contributed by atoms with E-state index in [4.69, 9.17) is 4.74 Å². The fourth-order valence-electron chi connectivity index (χ4n) is 3.90. The smallest absolute Gasteiger partial charge is 0.332 e. The lowest BCUT2D eigenvalue weighted by Crippen LogP contribution is -2.51. The molecule has 2 fully saturated rings. The second-order valence-electron chi connectivity index (χ2n) is 5.47. The van der Waals surface area contributed by atoms with Crippen molar-refractivity contribution in [3.8, 4) is 0 Å². The molecule has 90 valence electrons. The lowest BCUT2D eigenvalue weighted by Gasteiger charge is -2.39. The molecule has 0 aromatic rings. The molecule has 1 N–H and O–H groups in total. The van der Waals surface area contributed by atoms with Crippen LogP contribution in [0.4, 0.5) is 0 Å². The number of ether oxygens (including phenoxy) is 1. The van der Waals surface area contributed by atoms with Crippen LogP contribution in [0.15, 0.2) is 23.8 Å². The van der Waals surface area contributed by atoms with Gasteiger partial charge in [-0.05, 0) is 12.8 Å². The molecule has 4 heteroatoms. The summed E-state index contributed by atoms with van der Waals surface area (Å²) in [5.74, 6) is -0.229. The molecule has 1 spiro atoms. The molecule has 17 heavy (non-hydrogen) atoms. The van der Waals surface area contributed by atoms with Gasteiger partial charge in [0.15, 0.2) is 5.60 Å². The van der Waals surface area contributed by atoms with Crippen molar-refractivity contribution in [3.63, 3.8) is 0 Å². The van der Waals surface area contributed by atoms with Gasteiger partial charge in [0.25, 0.3) is 0 Å². The van der Waals surface area contributed by atoms with Gasteiger partial charge >= 0.3 is 5.97 Å². The first kappa shape index (κ1) is 9.85. The predicted octanol–water partition coefficient (Wildman–Crippen LogP) is 0.376. The highest BCUT2D eigenvalue weighted by molar-refractivity contribution is 5.88. The van der Waals surface area contributed by atoms with Crippen molar-refractivity contribution in [1.82, 2.24) is 4.90 Å². The maximum Gasteiger partial charge on any atom is 0.332 e. The van der Waals surface area contributed by atoms with E-state index in [2.05, 4.69) is 11.0 Å². The normalized spacial score (nSPS) is 47.5. The molecule has 4 unspecified atom stereocenters. The minimum Gasteiger partial charge on any atom is -0.449 e. The van der Waals surface area contributed by atoms with Gasteiger partial charge in [-0.3, -0.25) is 4.90 Å². The zero-order valence-corrected chi connectivity index (χ0v) is 9.50. The molecule has 0 aromatic carbocycles. The van der Waals surface area contributed by atoms with Crippen LogP contribution in [0.1, 0.15) is 19.3 Å². The Morgan fingerprint density at radius 2 is 2.41 bits per heavy atom. The molecule has 4 atom stereocenters. The molecule has 3 aliphatic heterocycles. The van der Waals surface area contributed by atoms with Gasteiger partial charge in [0, 0.05) is 30.7 Å². The second kappa shape index (κ2) is 3.00. The molecule has 0 aromatic heterocycles. The fraction of sp³-hybridized carbons (Fsp3) is 0.615. The van der Waals surface area contributed by atoms with Crippen molar-refractivity contribution in [2.75, 3.05) is 6.54 Å². The molecule has 4 aliphatic rings. The van der Waals surface area contributed by atoms with Crippen LogP contribution < -0.4 is 0 Å². The number of hydrogen-bond donors (Lipinski definition) is 1. The standard InChI is InChI=1S/C13H15NO3/c15-10-3-4-14-9-2-1-8-5-12(16)17-13(8,7-9)11(14)6-10/h1-2,5,9-11,15H,3-4,6-7H2. The topological polar surface area (TPSA) is 49.8 Å². The third-order valence-electron chi connectivity index (χ3n) is 4.64. The molecule has 1 aliphatic carbocycles. The van der Waals surface area contributed by atoms with Gasteiger partial charge in [0.2, 0.25) is 0 Å². The molecule has 2 bridgehead atoms. The lowest BCUT2D eigenvalue weighted by atomic mass is 9.80. The molecule has 4 rings (SSSR count). The molecule has 4 nitrogen and oxygen atoms in total. The summed E-state index contributed by atoms with van der Waals surface area (Å²) in [6.07, 6.45) is 7.95. The maximum absolute atomic E-state index is 11.5. The van der Waals surface area contributed by atoms with Crippen molar-refractivity contribution in [2.45, 2.75) is 43.1 Å². The third-order valence-corrected chi connectivity index (χ3v) is 4.64. The van der Waals surface area contributed by atoms with E-state index in [1.807, 2.05) is 6.08 Å². The predicted molar refractivity (Wildman–Crippen MR) is 60.2 cm³/mol. The molecule has 2 saturated heterocycles. The van der Waals surface area contributed by atoms with Crippen molar-refractivity contribution in [3.05, 3.63) is 23.8 Å². The Labute approximate surface area is 99.5 Å². The lowest BCUT2D eigenvalue weighted by molar-refractivity contribution is -0.149. The highest BCUT2D eigenvalue weighted by Crippen LogP contribution is 2.51. The quantitative estimate of drug-likeness (QED) is 0.614. The van der Waals surface area contributed by atoms with Crippen LogP contribution in [0, 0.1) is 0 Å². The average Bonchev–Trinajstić information content (AvgIpc) is 2.75. The number of carbonyl (C=O) groups is 1. The Hall–Kier alpha value is -1.13. The first-order valence-corrected chi connectivity index (χ1v) is 6.26. The Bertz CT molecular complexity index is 456. The Balaban J connectivity index is 1.81. The second-order valence-corrected chi connectivity index (χ2v) is 5.47. The van der Waals surface area contributed by atoms with Crippen molar-refractivity contribution >= 4 is 5.97 Å². The van der Waals surface area contributed by atoms with Gasteiger partial charge in [-0.25, -0.2) is 4.79 Å². The number of rotatable bonds is 0. The van der Waals surface area contributed by atoms with E-state index in [-0.39, 0.29) is 18.1 Å². The highest BCUT2D eigenvalue weighted by atomic mass is 16.6. The monoisotopic (exact) mass is 233 g/mol. The van der Waals surface area contributed by atoms with E-state index in [1.54, 1.807) is 6.08 Å². The van der Waals surface area contributed by atoms with Gasteiger partial charge in [0.1, 0.15) is 0 Å². The highest BCUT2D eigenvalue weighted by Gasteiger charge is 2.60. The first-order valence-electron chi connectivity index (χ1n) is 6.26. The van der Waals surface area contributed by atoms with E-state index in [0.29, 0.717) is 12.5 Å². The molecule has 0 radical (unpaired) electrons. The van der Waals surface area contributed by atoms with E-state index < -0.39 is 5.60 Å². The van der Waals surface area contributed by atoms with E-state index in [9.17, 15) is 9.90 Å². The summed E-state index contributed by atoms with van der Waals surface area (Å²) in [5.41, 5.74) is 0.540. The van der Waals surface area contributed by atoms with Gasteiger partial charge in [-0.1, -0.05) is 12.2 Å². The molecular formula is C13H15NO3. The largest absolute Gasteiger partial charge is 0.449 e. The average molecular weight is 233 g/mol. The summed E-state index contributed by atoms with van der Waals surface area (Å²) in [4.78, 5) is 13.9. The summed E-state index contributed by atoms with van der Waals surface area (Å²) in [7, 11) is 0. The Kier molecular flexibility index (Phi) is 1.74. The van der Waals surface area contributed by atoms with Crippen LogP contribution in [0.25, 0.3) is 0 Å². The molecular weight excluding hydrogens is 218 g/mol. The van der Waals surface area contributed by atoms with E-state index >= 15 is 0 Å². The number of piperidine rings is 1. The minimum absolute atomic E-state index is 0.156. The van der Waals surface area contributed by atoms with Crippen molar-refractivity contribution in [2.24, 2.45) is 0 Å². The van der Waals surface area contributed by atoms with E-state index in [0.717, 1.165) is 25.0 Å². The van der Waals surface area contributed by atoms with Gasteiger partial charge in [0.05, 0.1) is 12.1 Å².